The quantitative estimate of drug-likeness (QED) is 0.534. The van der Waals surface area contributed by atoms with Crippen molar-refractivity contribution in [2.45, 2.75) is 20.8 Å². The van der Waals surface area contributed by atoms with E-state index in [2.05, 4.69) is 25.7 Å². The molecule has 0 bridgehead atoms. The van der Waals surface area contributed by atoms with E-state index in [9.17, 15) is 0 Å². The molecule has 0 aliphatic carbocycles. The maximum absolute atomic E-state index is 2.56. The summed E-state index contributed by atoms with van der Waals surface area (Å²) in [6, 6.07) is 0. The van der Waals surface area contributed by atoms with Crippen molar-refractivity contribution >= 4 is 0 Å². The molecule has 0 amide bonds. The minimum atomic E-state index is 0. The lowest BCUT2D eigenvalue weighted by molar-refractivity contribution is -0.928. The zero-order chi connectivity index (χ0) is 9.03. The zero-order valence-corrected chi connectivity index (χ0v) is 10.8. The Morgan fingerprint density at radius 1 is 1.00 bits per heavy atom. The van der Waals surface area contributed by atoms with Crippen molar-refractivity contribution in [3.8, 4) is 0 Å². The standard InChI is InChI=1S/C10H23N2.BrH/c1-4-11-7-9-12(5-2,6-3)10-8-11;/h4-10H2,1-3H3;1H/q+1;/p-1. The Kier molecular flexibility index (Phi) is 6.18. The van der Waals surface area contributed by atoms with Gasteiger partial charge in [0.25, 0.3) is 0 Å². The molecule has 0 aromatic carbocycles. The highest BCUT2D eigenvalue weighted by atomic mass is 79.9. The number of nitrogens with zero attached hydrogens (tertiary/aromatic N) is 2. The third-order valence-electron chi connectivity index (χ3n) is 3.57. The minimum absolute atomic E-state index is 0. The van der Waals surface area contributed by atoms with Crippen LogP contribution in [0.5, 0.6) is 0 Å². The molecule has 80 valence electrons. The molecule has 0 atom stereocenters. The highest BCUT2D eigenvalue weighted by Crippen LogP contribution is 2.11. The first kappa shape index (κ1) is 13.4. The van der Waals surface area contributed by atoms with E-state index in [4.69, 9.17) is 0 Å². The minimum Gasteiger partial charge on any atom is -1.00 e. The molecule has 1 heterocycles. The highest BCUT2D eigenvalue weighted by molar-refractivity contribution is 4.61. The molecule has 13 heavy (non-hydrogen) atoms. The predicted octanol–water partition coefficient (Wildman–Crippen LogP) is -1.82. The number of quaternary nitrogens is 1. The van der Waals surface area contributed by atoms with Crippen LogP contribution in [0.25, 0.3) is 0 Å². The smallest absolute Gasteiger partial charge is 0.0916 e. The monoisotopic (exact) mass is 250 g/mol. The molecule has 0 unspecified atom stereocenters. The Bertz CT molecular complexity index is 125. The molecule has 0 aromatic heterocycles. The Balaban J connectivity index is 0.00000144. The van der Waals surface area contributed by atoms with Gasteiger partial charge in [-0.1, -0.05) is 6.92 Å². The molecule has 1 saturated heterocycles. The van der Waals surface area contributed by atoms with Crippen molar-refractivity contribution in [2.24, 2.45) is 0 Å². The van der Waals surface area contributed by atoms with Gasteiger partial charge in [0.1, 0.15) is 0 Å². The van der Waals surface area contributed by atoms with Crippen molar-refractivity contribution in [3.63, 3.8) is 0 Å². The Labute approximate surface area is 93.3 Å². The maximum atomic E-state index is 2.56. The van der Waals surface area contributed by atoms with E-state index in [-0.39, 0.29) is 17.0 Å². The van der Waals surface area contributed by atoms with Gasteiger partial charge in [-0.3, -0.25) is 4.90 Å². The molecule has 1 aliphatic heterocycles. The van der Waals surface area contributed by atoms with Crippen molar-refractivity contribution < 1.29 is 21.5 Å². The van der Waals surface area contributed by atoms with Crippen molar-refractivity contribution in [2.75, 3.05) is 45.8 Å². The maximum Gasteiger partial charge on any atom is 0.0916 e. The summed E-state index contributed by atoms with van der Waals surface area (Å²) < 4.78 is 1.34. The number of halogens is 1. The van der Waals surface area contributed by atoms with Crippen LogP contribution in [0, 0.1) is 0 Å². The molecular weight excluding hydrogens is 228 g/mol. The fourth-order valence-electron chi connectivity index (χ4n) is 2.10. The molecule has 1 rings (SSSR count). The summed E-state index contributed by atoms with van der Waals surface area (Å²) in [5, 5.41) is 0. The van der Waals surface area contributed by atoms with E-state index in [1.807, 2.05) is 0 Å². The second-order valence-electron chi connectivity index (χ2n) is 3.86. The van der Waals surface area contributed by atoms with Crippen LogP contribution in [-0.2, 0) is 0 Å². The largest absolute Gasteiger partial charge is 1.00 e. The van der Waals surface area contributed by atoms with Gasteiger partial charge in [-0.05, 0) is 20.4 Å². The fourth-order valence-corrected chi connectivity index (χ4v) is 2.10. The molecule has 0 spiro atoms. The zero-order valence-electron chi connectivity index (χ0n) is 9.22. The highest BCUT2D eigenvalue weighted by Gasteiger charge is 2.28. The van der Waals surface area contributed by atoms with Gasteiger partial charge in [0, 0.05) is 13.1 Å². The van der Waals surface area contributed by atoms with E-state index >= 15 is 0 Å². The van der Waals surface area contributed by atoms with E-state index in [1.54, 1.807) is 0 Å². The van der Waals surface area contributed by atoms with Crippen LogP contribution in [-0.4, -0.2) is 55.2 Å². The molecule has 1 aliphatic rings. The fraction of sp³-hybridized carbons (Fsp3) is 1.00. The second-order valence-corrected chi connectivity index (χ2v) is 3.86. The third kappa shape index (κ3) is 3.22. The summed E-state index contributed by atoms with van der Waals surface area (Å²) in [5.41, 5.74) is 0. The Morgan fingerprint density at radius 3 is 1.77 bits per heavy atom. The first-order valence-electron chi connectivity index (χ1n) is 5.33. The van der Waals surface area contributed by atoms with E-state index in [1.165, 1.54) is 50.3 Å². The lowest BCUT2D eigenvalue weighted by atomic mass is 10.2. The van der Waals surface area contributed by atoms with Crippen LogP contribution < -0.4 is 17.0 Å². The van der Waals surface area contributed by atoms with Gasteiger partial charge in [-0.15, -0.1) is 0 Å². The van der Waals surface area contributed by atoms with Crippen LogP contribution in [0.3, 0.4) is 0 Å². The summed E-state index contributed by atoms with van der Waals surface area (Å²) >= 11 is 0. The molecule has 0 aromatic rings. The SMILES string of the molecule is CCN1CC[N+](CC)(CC)CC1.[Br-]. The van der Waals surface area contributed by atoms with Gasteiger partial charge < -0.3 is 21.5 Å². The summed E-state index contributed by atoms with van der Waals surface area (Å²) in [6.07, 6.45) is 0. The Hall–Kier alpha value is 0.400. The summed E-state index contributed by atoms with van der Waals surface area (Å²) in [4.78, 5) is 2.56. The second kappa shape index (κ2) is 5.99. The molecule has 0 radical (unpaired) electrons. The van der Waals surface area contributed by atoms with Crippen LogP contribution in [0.15, 0.2) is 0 Å². The number of hydrogen-bond acceptors (Lipinski definition) is 1. The lowest BCUT2D eigenvalue weighted by Gasteiger charge is -2.43. The average molecular weight is 251 g/mol. The normalized spacial score (nSPS) is 22.4. The molecule has 0 saturated carbocycles. The molecule has 2 nitrogen and oxygen atoms in total. The van der Waals surface area contributed by atoms with Crippen LogP contribution in [0.1, 0.15) is 20.8 Å². The number of piperazine rings is 1. The number of rotatable bonds is 3. The molecule has 1 fully saturated rings. The number of likely N-dealkylation sites (N-methyl/N-ethyl adjacent to an activating group) is 2. The van der Waals surface area contributed by atoms with Crippen LogP contribution >= 0.6 is 0 Å². The van der Waals surface area contributed by atoms with Crippen molar-refractivity contribution in [1.29, 1.82) is 0 Å². The van der Waals surface area contributed by atoms with E-state index in [0.717, 1.165) is 0 Å². The van der Waals surface area contributed by atoms with Gasteiger partial charge >= 0.3 is 0 Å². The Morgan fingerprint density at radius 2 is 1.46 bits per heavy atom. The number of hydrogen-bond donors (Lipinski definition) is 0. The molecule has 0 N–H and O–H groups in total. The van der Waals surface area contributed by atoms with Crippen LogP contribution in [0.4, 0.5) is 0 Å². The van der Waals surface area contributed by atoms with E-state index in [0.29, 0.717) is 0 Å². The van der Waals surface area contributed by atoms with Gasteiger partial charge in [0.2, 0.25) is 0 Å². The van der Waals surface area contributed by atoms with Crippen LogP contribution in [0.2, 0.25) is 0 Å². The van der Waals surface area contributed by atoms with Gasteiger partial charge in [0.15, 0.2) is 0 Å². The average Bonchev–Trinajstić information content (AvgIpc) is 2.18. The van der Waals surface area contributed by atoms with Gasteiger partial charge in [-0.25, -0.2) is 0 Å². The first-order chi connectivity index (χ1) is 5.76. The molecular formula is C10H23BrN2. The van der Waals surface area contributed by atoms with Gasteiger partial charge in [-0.2, -0.15) is 0 Å². The lowest BCUT2D eigenvalue weighted by Crippen LogP contribution is -3.00. The molecule has 3 heteroatoms. The predicted molar refractivity (Wildman–Crippen MR) is 53.2 cm³/mol. The van der Waals surface area contributed by atoms with E-state index < -0.39 is 0 Å². The first-order valence-corrected chi connectivity index (χ1v) is 5.33. The van der Waals surface area contributed by atoms with Gasteiger partial charge in [0.05, 0.1) is 26.2 Å². The van der Waals surface area contributed by atoms with Crippen molar-refractivity contribution in [1.82, 2.24) is 4.90 Å². The summed E-state index contributed by atoms with van der Waals surface area (Å²) in [7, 11) is 0. The third-order valence-corrected chi connectivity index (χ3v) is 3.57. The summed E-state index contributed by atoms with van der Waals surface area (Å²) in [5.74, 6) is 0. The topological polar surface area (TPSA) is 3.24 Å². The van der Waals surface area contributed by atoms with Crippen molar-refractivity contribution in [3.05, 3.63) is 0 Å². The summed E-state index contributed by atoms with van der Waals surface area (Å²) in [6.45, 7) is 16.1.